The quantitative estimate of drug-likeness (QED) is 0.867. The average Bonchev–Trinajstić information content (AvgIpc) is 2.77. The molecule has 0 aliphatic carbocycles. The Balaban J connectivity index is 1.89. The van der Waals surface area contributed by atoms with Gasteiger partial charge >= 0.3 is 0 Å². The zero-order valence-electron chi connectivity index (χ0n) is 11.3. The standard InChI is InChI=1S/C13H23N3O2/c1-9(2)7-11(14)8-12-15-13(16-18-12)10-3-5-17-6-4-10/h9-11H,3-8,14H2,1-2H3. The molecular formula is C13H23N3O2. The normalized spacial score (nSPS) is 19.3. The predicted octanol–water partition coefficient (Wildman–Crippen LogP) is 1.88. The summed E-state index contributed by atoms with van der Waals surface area (Å²) < 4.78 is 10.6. The molecule has 0 aromatic carbocycles. The van der Waals surface area contributed by atoms with E-state index in [-0.39, 0.29) is 6.04 Å². The zero-order valence-corrected chi connectivity index (χ0v) is 11.3. The Morgan fingerprint density at radius 3 is 2.72 bits per heavy atom. The molecule has 18 heavy (non-hydrogen) atoms. The van der Waals surface area contributed by atoms with Gasteiger partial charge in [0.1, 0.15) is 0 Å². The molecule has 5 heteroatoms. The molecule has 2 N–H and O–H groups in total. The fourth-order valence-corrected chi connectivity index (χ4v) is 2.39. The van der Waals surface area contributed by atoms with Gasteiger partial charge in [-0.2, -0.15) is 4.98 Å². The fraction of sp³-hybridized carbons (Fsp3) is 0.846. The van der Waals surface area contributed by atoms with E-state index in [0.717, 1.165) is 38.3 Å². The van der Waals surface area contributed by atoms with Crippen LogP contribution in [0.25, 0.3) is 0 Å². The van der Waals surface area contributed by atoms with Crippen LogP contribution in [0.2, 0.25) is 0 Å². The van der Waals surface area contributed by atoms with Crippen LogP contribution in [0.15, 0.2) is 4.52 Å². The van der Waals surface area contributed by atoms with Crippen molar-refractivity contribution in [2.75, 3.05) is 13.2 Å². The van der Waals surface area contributed by atoms with Crippen molar-refractivity contribution in [3.8, 4) is 0 Å². The molecule has 1 aromatic heterocycles. The second-order valence-corrected chi connectivity index (χ2v) is 5.53. The van der Waals surface area contributed by atoms with Gasteiger partial charge in [0.05, 0.1) is 0 Å². The molecule has 1 fully saturated rings. The molecule has 0 amide bonds. The number of hydrogen-bond acceptors (Lipinski definition) is 5. The number of nitrogens with zero attached hydrogens (tertiary/aromatic N) is 2. The molecule has 1 atom stereocenters. The Bertz CT molecular complexity index is 359. The minimum Gasteiger partial charge on any atom is -0.381 e. The number of ether oxygens (including phenoxy) is 1. The Labute approximate surface area is 108 Å². The molecule has 1 saturated heterocycles. The second-order valence-electron chi connectivity index (χ2n) is 5.53. The summed E-state index contributed by atoms with van der Waals surface area (Å²) in [5.41, 5.74) is 6.05. The molecule has 102 valence electrons. The van der Waals surface area contributed by atoms with Crippen molar-refractivity contribution in [3.63, 3.8) is 0 Å². The SMILES string of the molecule is CC(C)CC(N)Cc1nc(C2CCOCC2)no1. The molecule has 0 radical (unpaired) electrons. The predicted molar refractivity (Wildman–Crippen MR) is 68.2 cm³/mol. The van der Waals surface area contributed by atoms with Crippen molar-refractivity contribution in [2.45, 2.75) is 51.5 Å². The van der Waals surface area contributed by atoms with Gasteiger partial charge in [-0.05, 0) is 25.2 Å². The summed E-state index contributed by atoms with van der Waals surface area (Å²) in [5, 5.41) is 4.07. The van der Waals surface area contributed by atoms with Crippen LogP contribution in [-0.2, 0) is 11.2 Å². The maximum absolute atomic E-state index is 6.05. The monoisotopic (exact) mass is 253 g/mol. The van der Waals surface area contributed by atoms with Gasteiger partial charge in [-0.3, -0.25) is 0 Å². The molecule has 1 aromatic rings. The van der Waals surface area contributed by atoms with Gasteiger partial charge in [0.15, 0.2) is 5.82 Å². The Morgan fingerprint density at radius 1 is 1.33 bits per heavy atom. The first-order valence-corrected chi connectivity index (χ1v) is 6.81. The second kappa shape index (κ2) is 6.29. The van der Waals surface area contributed by atoms with Crippen molar-refractivity contribution < 1.29 is 9.26 Å². The number of aromatic nitrogens is 2. The van der Waals surface area contributed by atoms with Crippen LogP contribution in [0.5, 0.6) is 0 Å². The van der Waals surface area contributed by atoms with E-state index in [2.05, 4.69) is 24.0 Å². The molecule has 1 aliphatic heterocycles. The summed E-state index contributed by atoms with van der Waals surface area (Å²) >= 11 is 0. The first kappa shape index (κ1) is 13.5. The van der Waals surface area contributed by atoms with Crippen LogP contribution < -0.4 is 5.73 Å². The summed E-state index contributed by atoms with van der Waals surface area (Å²) in [7, 11) is 0. The molecule has 2 heterocycles. The van der Waals surface area contributed by atoms with Gasteiger partial charge in [0.25, 0.3) is 0 Å². The maximum atomic E-state index is 6.05. The highest BCUT2D eigenvalue weighted by molar-refractivity contribution is 4.97. The van der Waals surface area contributed by atoms with E-state index in [4.69, 9.17) is 15.0 Å². The lowest BCUT2D eigenvalue weighted by Gasteiger charge is -2.18. The number of rotatable bonds is 5. The van der Waals surface area contributed by atoms with Crippen LogP contribution in [0.3, 0.4) is 0 Å². The Morgan fingerprint density at radius 2 is 2.06 bits per heavy atom. The summed E-state index contributed by atoms with van der Waals surface area (Å²) in [4.78, 5) is 4.47. The van der Waals surface area contributed by atoms with Crippen molar-refractivity contribution >= 4 is 0 Å². The van der Waals surface area contributed by atoms with Crippen LogP contribution in [0, 0.1) is 5.92 Å². The third-order valence-corrected chi connectivity index (χ3v) is 3.28. The highest BCUT2D eigenvalue weighted by Crippen LogP contribution is 2.24. The smallest absolute Gasteiger partial charge is 0.228 e. The zero-order chi connectivity index (χ0) is 13.0. The molecular weight excluding hydrogens is 230 g/mol. The summed E-state index contributed by atoms with van der Waals surface area (Å²) in [6, 6.07) is 0.105. The van der Waals surface area contributed by atoms with Gasteiger partial charge in [0, 0.05) is 31.6 Å². The fourth-order valence-electron chi connectivity index (χ4n) is 2.39. The first-order chi connectivity index (χ1) is 8.65. The molecule has 0 bridgehead atoms. The van der Waals surface area contributed by atoms with E-state index in [1.54, 1.807) is 0 Å². The van der Waals surface area contributed by atoms with Gasteiger partial charge in [0.2, 0.25) is 5.89 Å². The Hall–Kier alpha value is -0.940. The van der Waals surface area contributed by atoms with Crippen LogP contribution in [0.1, 0.15) is 50.7 Å². The first-order valence-electron chi connectivity index (χ1n) is 6.81. The van der Waals surface area contributed by atoms with Gasteiger partial charge < -0.3 is 15.0 Å². The number of hydrogen-bond donors (Lipinski definition) is 1. The lowest BCUT2D eigenvalue weighted by Crippen LogP contribution is -2.24. The van der Waals surface area contributed by atoms with Crippen molar-refractivity contribution in [3.05, 3.63) is 11.7 Å². The van der Waals surface area contributed by atoms with Crippen LogP contribution in [0.4, 0.5) is 0 Å². The summed E-state index contributed by atoms with van der Waals surface area (Å²) in [5.74, 6) is 2.48. The van der Waals surface area contributed by atoms with Gasteiger partial charge in [-0.1, -0.05) is 19.0 Å². The highest BCUT2D eigenvalue weighted by atomic mass is 16.5. The largest absolute Gasteiger partial charge is 0.381 e. The van der Waals surface area contributed by atoms with E-state index in [1.165, 1.54) is 0 Å². The molecule has 5 nitrogen and oxygen atoms in total. The van der Waals surface area contributed by atoms with Crippen LogP contribution in [-0.4, -0.2) is 29.4 Å². The molecule has 2 rings (SSSR count). The van der Waals surface area contributed by atoms with E-state index >= 15 is 0 Å². The average molecular weight is 253 g/mol. The Kier molecular flexibility index (Phi) is 4.72. The van der Waals surface area contributed by atoms with E-state index < -0.39 is 0 Å². The summed E-state index contributed by atoms with van der Waals surface area (Å²) in [6.45, 7) is 5.92. The van der Waals surface area contributed by atoms with E-state index in [0.29, 0.717) is 24.1 Å². The molecule has 0 saturated carbocycles. The minimum atomic E-state index is 0.105. The molecule has 1 aliphatic rings. The molecule has 1 unspecified atom stereocenters. The van der Waals surface area contributed by atoms with Gasteiger partial charge in [-0.15, -0.1) is 0 Å². The topological polar surface area (TPSA) is 74.2 Å². The third kappa shape index (κ3) is 3.78. The van der Waals surface area contributed by atoms with Crippen molar-refractivity contribution in [1.82, 2.24) is 10.1 Å². The minimum absolute atomic E-state index is 0.105. The summed E-state index contributed by atoms with van der Waals surface area (Å²) in [6.07, 6.45) is 3.62. The van der Waals surface area contributed by atoms with Crippen LogP contribution >= 0.6 is 0 Å². The van der Waals surface area contributed by atoms with E-state index in [9.17, 15) is 0 Å². The van der Waals surface area contributed by atoms with Crippen molar-refractivity contribution in [2.24, 2.45) is 11.7 Å². The molecule has 0 spiro atoms. The van der Waals surface area contributed by atoms with Crippen molar-refractivity contribution in [1.29, 1.82) is 0 Å². The lowest BCUT2D eigenvalue weighted by atomic mass is 10.00. The maximum Gasteiger partial charge on any atom is 0.228 e. The number of nitrogens with two attached hydrogens (primary N) is 1. The third-order valence-electron chi connectivity index (χ3n) is 3.28. The highest BCUT2D eigenvalue weighted by Gasteiger charge is 2.22. The van der Waals surface area contributed by atoms with Gasteiger partial charge in [-0.25, -0.2) is 0 Å². The van der Waals surface area contributed by atoms with E-state index in [1.807, 2.05) is 0 Å². The lowest BCUT2D eigenvalue weighted by molar-refractivity contribution is 0.0830.